The zero-order chi connectivity index (χ0) is 20.7. The lowest BCUT2D eigenvalue weighted by Crippen LogP contribution is -2.12. The molecule has 2 atom stereocenters. The smallest absolute Gasteiger partial charge is 0.438 e. The van der Waals surface area contributed by atoms with Crippen LogP contribution < -0.4 is 0 Å². The van der Waals surface area contributed by atoms with Crippen LogP contribution in [0.5, 0.6) is 0 Å². The molecule has 1 fully saturated rings. The Labute approximate surface area is 149 Å². The lowest BCUT2D eigenvalue weighted by molar-refractivity contribution is 0.0924. The molecule has 0 amide bonds. The number of alkyl halides is 2. The van der Waals surface area contributed by atoms with Crippen LogP contribution in [0.15, 0.2) is 0 Å². The molecule has 0 aromatic heterocycles. The maximum atomic E-state index is 10.1. The van der Waals surface area contributed by atoms with E-state index in [1.54, 1.807) is 0 Å². The van der Waals surface area contributed by atoms with Crippen molar-refractivity contribution in [2.24, 2.45) is 0 Å². The van der Waals surface area contributed by atoms with E-state index in [0.29, 0.717) is 20.8 Å². The van der Waals surface area contributed by atoms with Gasteiger partial charge in [0.2, 0.25) is 0 Å². The van der Waals surface area contributed by atoms with Gasteiger partial charge >= 0.3 is 12.3 Å². The molecule has 1 heterocycles. The van der Waals surface area contributed by atoms with Crippen LogP contribution in [-0.4, -0.2) is 97.2 Å². The minimum absolute atomic E-state index is 0.108. The number of methoxy groups -OCH3 is 2. The van der Waals surface area contributed by atoms with Gasteiger partial charge in [0.05, 0.1) is 47.0 Å². The maximum absolute atomic E-state index is 10.1. The summed E-state index contributed by atoms with van der Waals surface area (Å²) in [7, 11) is 4.01. The second kappa shape index (κ2) is 23.3. The van der Waals surface area contributed by atoms with Crippen molar-refractivity contribution in [2.75, 3.05) is 46.3 Å². The molecule has 0 spiro atoms. The van der Waals surface area contributed by atoms with Crippen molar-refractivity contribution < 1.29 is 43.9 Å². The molecule has 12 heteroatoms. The molecule has 0 aromatic carbocycles. The third kappa shape index (κ3) is 23.5. The quantitative estimate of drug-likeness (QED) is 0.332. The number of ether oxygens (including phenoxy) is 4. The molecule has 0 saturated carbocycles. The van der Waals surface area contributed by atoms with E-state index >= 15 is 0 Å². The van der Waals surface area contributed by atoms with Crippen molar-refractivity contribution >= 4 is 43.9 Å². The fourth-order valence-electron chi connectivity index (χ4n) is 0.573. The summed E-state index contributed by atoms with van der Waals surface area (Å²) >= 11 is 10.4. The molecule has 1 aliphatic heterocycles. The number of carbonyl (C=O) groups excluding carboxylic acids is 2. The van der Waals surface area contributed by atoms with Crippen LogP contribution in [0.4, 0.5) is 9.59 Å². The van der Waals surface area contributed by atoms with Crippen LogP contribution >= 0.6 is 23.2 Å². The molecule has 1 radical (unpaired) electrons. The van der Waals surface area contributed by atoms with E-state index in [9.17, 15) is 9.59 Å². The zero-order valence-corrected chi connectivity index (χ0v) is 14.6. The first-order valence-electron chi connectivity index (χ1n) is 6.91. The van der Waals surface area contributed by atoms with Crippen molar-refractivity contribution in [3.05, 3.63) is 0 Å². The second-order valence-corrected chi connectivity index (χ2v) is 3.72. The predicted octanol–water partition coefficient (Wildman–Crippen LogP) is -0.570. The summed E-state index contributed by atoms with van der Waals surface area (Å²) in [4.78, 5) is 19.8. The average Bonchev–Trinajstić information content (AvgIpc) is 3.09. The number of aliphatic hydroxyl groups is 3. The fourth-order valence-corrected chi connectivity index (χ4v) is 0.823. The van der Waals surface area contributed by atoms with Gasteiger partial charge in [-0.3, -0.25) is 0 Å². The third-order valence-electron chi connectivity index (χ3n) is 1.54. The van der Waals surface area contributed by atoms with Gasteiger partial charge in [-0.25, -0.2) is 9.59 Å². The summed E-state index contributed by atoms with van der Waals surface area (Å²) in [6.45, 7) is 0.0475. The Morgan fingerprint density at radius 2 is 1.96 bits per heavy atom. The van der Waals surface area contributed by atoms with E-state index in [0.717, 1.165) is 7.11 Å². The molecule has 1 saturated heterocycles. The van der Waals surface area contributed by atoms with Crippen LogP contribution in [-0.2, 0) is 18.9 Å². The zero-order valence-electron chi connectivity index (χ0n) is 15.1. The average molecular weight is 386 g/mol. The Kier molecular flexibility index (Phi) is 24.7. The largest absolute Gasteiger partial charge is 0.508 e. The molecular formula is C11H24BCl2O9. The summed E-state index contributed by atoms with van der Waals surface area (Å²) < 4.78 is 28.5. The lowest BCUT2D eigenvalue weighted by atomic mass is 10.4. The molecule has 0 bridgehead atoms. The summed E-state index contributed by atoms with van der Waals surface area (Å²) in [5.74, 6) is 0.419. The molecule has 3 N–H and O–H groups in total. The monoisotopic (exact) mass is 385 g/mol. The number of hydrogen-bond acceptors (Lipinski definition) is 9. The van der Waals surface area contributed by atoms with Gasteiger partial charge in [-0.1, -0.05) is 0 Å². The standard InChI is InChI=1S/C4H5ClO3.C3H7ClO2.C3H6O3.CH4O.BH2/c5-1-3-2-7-4(6)8-3;4-1-3(6)2-5;1-5-3(4)6-2;1-2;/h3H,1-2H2;3,5-6H,1-2H2;1-2H3;2H,1H3;1H2/i;;;;1T2. The number of hydrogen-bond donors (Lipinski definition) is 3. The lowest BCUT2D eigenvalue weighted by Gasteiger charge is -1.95. The second-order valence-electron chi connectivity index (χ2n) is 3.10. The van der Waals surface area contributed by atoms with Crippen LogP contribution in [0.2, 0.25) is 0 Å². The first-order valence-corrected chi connectivity index (χ1v) is 6.82. The number of rotatable bonds is 3. The van der Waals surface area contributed by atoms with Gasteiger partial charge in [-0.2, -0.15) is 0 Å². The number of aliphatic hydroxyl groups excluding tert-OH is 3. The Bertz CT molecular complexity index is 284. The van der Waals surface area contributed by atoms with Gasteiger partial charge < -0.3 is 34.3 Å². The van der Waals surface area contributed by atoms with Crippen molar-refractivity contribution in [2.45, 2.75) is 12.2 Å². The number of cyclic esters (lactones) is 2. The highest BCUT2D eigenvalue weighted by molar-refractivity contribution is 6.18. The molecule has 139 valence electrons. The van der Waals surface area contributed by atoms with Crippen LogP contribution in [0.3, 0.4) is 0 Å². The predicted molar refractivity (Wildman–Crippen MR) is 86.9 cm³/mol. The van der Waals surface area contributed by atoms with Crippen molar-refractivity contribution in [3.63, 3.8) is 0 Å². The molecule has 9 nitrogen and oxygen atoms in total. The Balaban J connectivity index is -0.000000119. The first-order chi connectivity index (χ1) is 11.9. The van der Waals surface area contributed by atoms with Gasteiger partial charge in [-0.05, 0) is 2.67 Å². The first kappa shape index (κ1) is 24.3. The minimum atomic E-state index is -0.744. The van der Waals surface area contributed by atoms with E-state index < -0.39 is 18.4 Å². The van der Waals surface area contributed by atoms with Crippen molar-refractivity contribution in [3.8, 4) is 0 Å². The van der Waals surface area contributed by atoms with Gasteiger partial charge in [-0.15, -0.1) is 23.2 Å². The van der Waals surface area contributed by atoms with Crippen LogP contribution in [0, 0.1) is 0 Å². The molecule has 0 aliphatic carbocycles. The van der Waals surface area contributed by atoms with Gasteiger partial charge in [0.1, 0.15) is 6.61 Å². The highest BCUT2D eigenvalue weighted by Gasteiger charge is 2.23. The Morgan fingerprint density at radius 3 is 2.04 bits per heavy atom. The van der Waals surface area contributed by atoms with Crippen molar-refractivity contribution in [1.82, 2.24) is 0 Å². The Morgan fingerprint density at radius 1 is 1.48 bits per heavy atom. The fraction of sp³-hybridized carbons (Fsp3) is 0.818. The van der Waals surface area contributed by atoms with Crippen molar-refractivity contribution in [1.29, 1.82) is 2.67 Å². The third-order valence-corrected chi connectivity index (χ3v) is 2.24. The topological polar surface area (TPSA) is 132 Å². The number of halogens is 2. The molecule has 0 aromatic rings. The van der Waals surface area contributed by atoms with Gasteiger partial charge in [0.15, 0.2) is 6.10 Å². The molecule has 1 rings (SSSR count). The highest BCUT2D eigenvalue weighted by atomic mass is 35.5. The summed E-state index contributed by atoms with van der Waals surface area (Å²) in [6, 6.07) is 0. The Hall–Kier alpha value is -0.935. The molecular weight excluding hydrogens is 358 g/mol. The van der Waals surface area contributed by atoms with Gasteiger partial charge in [0, 0.05) is 7.11 Å². The maximum Gasteiger partial charge on any atom is 0.508 e. The summed E-state index contributed by atoms with van der Waals surface area (Å²) in [6.07, 6.45) is -2.25. The van der Waals surface area contributed by atoms with Crippen LogP contribution in [0.1, 0.15) is 0 Å². The van der Waals surface area contributed by atoms with E-state index in [1.165, 1.54) is 14.2 Å². The molecule has 2 unspecified atom stereocenters. The van der Waals surface area contributed by atoms with Gasteiger partial charge in [0.25, 0.3) is 0 Å². The normalized spacial score (nSPS) is 16.0. The van der Waals surface area contributed by atoms with E-state index in [1.807, 2.05) is 0 Å². The minimum Gasteiger partial charge on any atom is -0.438 e. The van der Waals surface area contributed by atoms with E-state index in [2.05, 4.69) is 18.9 Å². The van der Waals surface area contributed by atoms with Crippen LogP contribution in [0.25, 0.3) is 0 Å². The molecule has 23 heavy (non-hydrogen) atoms. The molecule has 1 aliphatic rings. The van der Waals surface area contributed by atoms with E-state index in [-0.39, 0.29) is 18.6 Å². The van der Waals surface area contributed by atoms with E-state index in [4.69, 9.17) is 41.2 Å². The SMILES string of the molecule is CO.COC(=O)OC.O=C1OCC(CCl)O1.OCC(O)CCl.[3H][B][3H]. The highest BCUT2D eigenvalue weighted by Crippen LogP contribution is 2.06. The summed E-state index contributed by atoms with van der Waals surface area (Å²) in [5.41, 5.74) is 0. The summed E-state index contributed by atoms with van der Waals surface area (Å²) in [5, 5.41) is 23.3. The number of carbonyl (C=O) groups is 2.